The first-order valence-corrected chi connectivity index (χ1v) is 10.5. The van der Waals surface area contributed by atoms with Crippen LogP contribution in [0.5, 0.6) is 0 Å². The Morgan fingerprint density at radius 2 is 1.78 bits per heavy atom. The Morgan fingerprint density at radius 3 is 2.48 bits per heavy atom. The normalized spacial score (nSPS) is 15.8. The van der Waals surface area contributed by atoms with Gasteiger partial charge in [0.1, 0.15) is 0 Å². The highest BCUT2D eigenvalue weighted by atomic mass is 32.2. The monoisotopic (exact) mass is 380 g/mol. The standard InChI is InChI=1S/C21H20N2O3S/c1-15-13-19(23-11-4-12-27(23,25)26)9-10-20(15)22-21(24)18-8-7-16-5-2-3-6-17(16)14-18/h2-3,5-10,13-14H,4,11-12H2,1H3,(H,22,24). The van der Waals surface area contributed by atoms with Crippen LogP contribution in [0.1, 0.15) is 22.3 Å². The zero-order valence-electron chi connectivity index (χ0n) is 15.0. The fraction of sp³-hybridized carbons (Fsp3) is 0.190. The molecule has 0 spiro atoms. The van der Waals surface area contributed by atoms with E-state index in [9.17, 15) is 13.2 Å². The number of fused-ring (bicyclic) bond motifs is 1. The Balaban J connectivity index is 1.57. The molecule has 0 aliphatic carbocycles. The van der Waals surface area contributed by atoms with Gasteiger partial charge in [-0.25, -0.2) is 8.42 Å². The summed E-state index contributed by atoms with van der Waals surface area (Å²) in [5.74, 6) is -0.00244. The molecule has 0 aromatic heterocycles. The van der Waals surface area contributed by atoms with Crippen molar-refractivity contribution in [3.05, 3.63) is 71.8 Å². The van der Waals surface area contributed by atoms with Crippen LogP contribution in [0.2, 0.25) is 0 Å². The number of benzene rings is 3. The van der Waals surface area contributed by atoms with Crippen molar-refractivity contribution in [2.75, 3.05) is 21.9 Å². The number of carbonyl (C=O) groups is 1. The SMILES string of the molecule is Cc1cc(N2CCCS2(=O)=O)ccc1NC(=O)c1ccc2ccccc2c1. The molecule has 0 radical (unpaired) electrons. The molecular formula is C21H20N2O3S. The molecule has 6 heteroatoms. The number of nitrogens with zero attached hydrogens (tertiary/aromatic N) is 1. The molecular weight excluding hydrogens is 360 g/mol. The fourth-order valence-electron chi connectivity index (χ4n) is 3.40. The lowest BCUT2D eigenvalue weighted by atomic mass is 10.1. The number of hydrogen-bond donors (Lipinski definition) is 1. The summed E-state index contributed by atoms with van der Waals surface area (Å²) in [5, 5.41) is 5.02. The number of nitrogens with one attached hydrogen (secondary N) is 1. The van der Waals surface area contributed by atoms with E-state index >= 15 is 0 Å². The second-order valence-electron chi connectivity index (χ2n) is 6.76. The van der Waals surface area contributed by atoms with Gasteiger partial charge < -0.3 is 5.32 Å². The Kier molecular flexibility index (Phi) is 4.36. The van der Waals surface area contributed by atoms with Crippen LogP contribution < -0.4 is 9.62 Å². The second-order valence-corrected chi connectivity index (χ2v) is 8.77. The van der Waals surface area contributed by atoms with Gasteiger partial charge in [0.2, 0.25) is 10.0 Å². The Morgan fingerprint density at radius 1 is 1.00 bits per heavy atom. The van der Waals surface area contributed by atoms with Gasteiger partial charge in [-0.05, 0) is 60.0 Å². The number of hydrogen-bond acceptors (Lipinski definition) is 3. The molecule has 0 atom stereocenters. The molecule has 3 aromatic carbocycles. The maximum Gasteiger partial charge on any atom is 0.255 e. The van der Waals surface area contributed by atoms with Gasteiger partial charge in [-0.3, -0.25) is 9.10 Å². The summed E-state index contributed by atoms with van der Waals surface area (Å²) in [6.45, 7) is 2.37. The van der Waals surface area contributed by atoms with Crippen LogP contribution in [0, 0.1) is 6.92 Å². The van der Waals surface area contributed by atoms with Gasteiger partial charge in [0.25, 0.3) is 5.91 Å². The van der Waals surface area contributed by atoms with E-state index in [1.807, 2.05) is 43.3 Å². The summed E-state index contributed by atoms with van der Waals surface area (Å²) in [5.41, 5.74) is 2.73. The molecule has 4 rings (SSSR count). The minimum Gasteiger partial charge on any atom is -0.322 e. The molecule has 3 aromatic rings. The van der Waals surface area contributed by atoms with Crippen molar-refractivity contribution in [3.8, 4) is 0 Å². The Hall–Kier alpha value is -2.86. The molecule has 1 saturated heterocycles. The van der Waals surface area contributed by atoms with Crippen LogP contribution >= 0.6 is 0 Å². The third-order valence-corrected chi connectivity index (χ3v) is 6.73. The lowest BCUT2D eigenvalue weighted by molar-refractivity contribution is 0.102. The van der Waals surface area contributed by atoms with E-state index in [-0.39, 0.29) is 11.7 Å². The van der Waals surface area contributed by atoms with Crippen molar-refractivity contribution in [1.82, 2.24) is 0 Å². The molecule has 0 bridgehead atoms. The van der Waals surface area contributed by atoms with Crippen molar-refractivity contribution in [2.45, 2.75) is 13.3 Å². The largest absolute Gasteiger partial charge is 0.322 e. The lowest BCUT2D eigenvalue weighted by Crippen LogP contribution is -2.25. The summed E-state index contributed by atoms with van der Waals surface area (Å²) in [6, 6.07) is 18.8. The first-order valence-electron chi connectivity index (χ1n) is 8.85. The van der Waals surface area contributed by atoms with E-state index in [4.69, 9.17) is 0 Å². The zero-order chi connectivity index (χ0) is 19.0. The molecule has 1 fully saturated rings. The molecule has 138 valence electrons. The van der Waals surface area contributed by atoms with Gasteiger partial charge in [-0.15, -0.1) is 0 Å². The predicted molar refractivity (Wildman–Crippen MR) is 109 cm³/mol. The van der Waals surface area contributed by atoms with Crippen LogP contribution in [0.4, 0.5) is 11.4 Å². The lowest BCUT2D eigenvalue weighted by Gasteiger charge is -2.18. The summed E-state index contributed by atoms with van der Waals surface area (Å²) >= 11 is 0. The topological polar surface area (TPSA) is 66.5 Å². The van der Waals surface area contributed by atoms with Gasteiger partial charge in [0, 0.05) is 17.8 Å². The van der Waals surface area contributed by atoms with E-state index in [2.05, 4.69) is 5.32 Å². The van der Waals surface area contributed by atoms with Crippen LogP contribution in [0.15, 0.2) is 60.7 Å². The van der Waals surface area contributed by atoms with Crippen molar-refractivity contribution < 1.29 is 13.2 Å². The average molecular weight is 380 g/mol. The Labute approximate surface area is 158 Å². The van der Waals surface area contributed by atoms with Crippen LogP contribution in [-0.4, -0.2) is 26.6 Å². The number of anilines is 2. The highest BCUT2D eigenvalue weighted by molar-refractivity contribution is 7.93. The summed E-state index contributed by atoms with van der Waals surface area (Å²) < 4.78 is 25.6. The molecule has 1 aliphatic rings. The van der Waals surface area contributed by atoms with E-state index in [0.717, 1.165) is 16.3 Å². The Bertz CT molecular complexity index is 1140. The fourth-order valence-corrected chi connectivity index (χ4v) is 4.95. The second kappa shape index (κ2) is 6.70. The predicted octanol–water partition coefficient (Wildman–Crippen LogP) is 3.94. The summed E-state index contributed by atoms with van der Waals surface area (Å²) in [4.78, 5) is 12.6. The summed E-state index contributed by atoms with van der Waals surface area (Å²) in [6.07, 6.45) is 0.641. The molecule has 5 nitrogen and oxygen atoms in total. The maximum atomic E-state index is 12.6. The van der Waals surface area contributed by atoms with E-state index in [1.54, 1.807) is 24.3 Å². The molecule has 27 heavy (non-hydrogen) atoms. The smallest absolute Gasteiger partial charge is 0.255 e. The molecule has 0 unspecified atom stereocenters. The zero-order valence-corrected chi connectivity index (χ0v) is 15.8. The van der Waals surface area contributed by atoms with Crippen LogP contribution in [0.25, 0.3) is 10.8 Å². The number of aryl methyl sites for hydroxylation is 1. The quantitative estimate of drug-likeness (QED) is 0.748. The molecule has 1 N–H and O–H groups in total. The van der Waals surface area contributed by atoms with Gasteiger partial charge in [-0.1, -0.05) is 30.3 Å². The maximum absolute atomic E-state index is 12.6. The number of rotatable bonds is 3. The van der Waals surface area contributed by atoms with E-state index in [1.165, 1.54) is 4.31 Å². The summed E-state index contributed by atoms with van der Waals surface area (Å²) in [7, 11) is -3.21. The number of amides is 1. The molecule has 0 saturated carbocycles. The average Bonchev–Trinajstić information content (AvgIpc) is 3.02. The van der Waals surface area contributed by atoms with Crippen molar-refractivity contribution in [1.29, 1.82) is 0 Å². The molecule has 1 aliphatic heterocycles. The van der Waals surface area contributed by atoms with Gasteiger partial charge in [0.05, 0.1) is 11.4 Å². The van der Waals surface area contributed by atoms with E-state index < -0.39 is 10.0 Å². The molecule has 1 amide bonds. The van der Waals surface area contributed by atoms with Gasteiger partial charge in [-0.2, -0.15) is 0 Å². The van der Waals surface area contributed by atoms with Crippen molar-refractivity contribution in [2.24, 2.45) is 0 Å². The first-order chi connectivity index (χ1) is 12.9. The van der Waals surface area contributed by atoms with Crippen LogP contribution in [-0.2, 0) is 10.0 Å². The third-order valence-electron chi connectivity index (χ3n) is 4.86. The van der Waals surface area contributed by atoms with E-state index in [0.29, 0.717) is 29.9 Å². The van der Waals surface area contributed by atoms with Crippen molar-refractivity contribution in [3.63, 3.8) is 0 Å². The minimum atomic E-state index is -3.21. The third kappa shape index (κ3) is 3.40. The highest BCUT2D eigenvalue weighted by Gasteiger charge is 2.28. The highest BCUT2D eigenvalue weighted by Crippen LogP contribution is 2.28. The number of carbonyl (C=O) groups excluding carboxylic acids is 1. The van der Waals surface area contributed by atoms with Gasteiger partial charge >= 0.3 is 0 Å². The van der Waals surface area contributed by atoms with Gasteiger partial charge in [0.15, 0.2) is 0 Å². The first kappa shape index (κ1) is 17.5. The number of sulfonamides is 1. The molecule has 1 heterocycles. The minimum absolute atomic E-state index is 0.187. The van der Waals surface area contributed by atoms with Crippen LogP contribution in [0.3, 0.4) is 0 Å². The van der Waals surface area contributed by atoms with Crippen molar-refractivity contribution >= 4 is 38.1 Å².